The molecule has 0 aliphatic heterocycles. The summed E-state index contributed by atoms with van der Waals surface area (Å²) < 4.78 is 439. The fraction of sp³-hybridized carbons (Fsp3) is 0.800. The summed E-state index contributed by atoms with van der Waals surface area (Å²) in [6, 6.07) is 1.96. The van der Waals surface area contributed by atoms with Crippen LogP contribution in [0.5, 0.6) is 5.75 Å². The van der Waals surface area contributed by atoms with Crippen LogP contribution in [0.2, 0.25) is 0 Å². The van der Waals surface area contributed by atoms with Crippen molar-refractivity contribution in [2.75, 3.05) is 18.6 Å². The summed E-state index contributed by atoms with van der Waals surface area (Å²) >= 11 is -0.194. The molecule has 1 unspecified atom stereocenters. The van der Waals surface area contributed by atoms with E-state index in [4.69, 9.17) is 4.74 Å². The van der Waals surface area contributed by atoms with E-state index in [0.29, 0.717) is 0 Å². The Morgan fingerprint density at radius 3 is 0.985 bits per heavy atom. The number of ether oxygens (including phenoxy) is 1. The predicted molar refractivity (Wildman–Crippen MR) is 161 cm³/mol. The number of benzene rings is 1. The number of thioether (sulfide) groups is 2. The molecule has 35 heteroatoms. The number of hydrogen-bond acceptors (Lipinski definition) is 3. The van der Waals surface area contributed by atoms with E-state index in [9.17, 15) is 140 Å². The minimum Gasteiger partial charge on any atom is -0.496 e. The van der Waals surface area contributed by atoms with Gasteiger partial charge in [0.15, 0.2) is 0 Å². The quantitative estimate of drug-likeness (QED) is 0.0754. The molecule has 0 N–H and O–H groups in total. The first-order chi connectivity index (χ1) is 28.4. The number of methoxy groups -OCH3 is 1. The van der Waals surface area contributed by atoms with Crippen LogP contribution < -0.4 is 4.74 Å². The first-order valence-corrected chi connectivity index (χ1v) is 18.4. The summed E-state index contributed by atoms with van der Waals surface area (Å²) in [6.07, 6.45) is -24.6. The van der Waals surface area contributed by atoms with Gasteiger partial charge in [-0.05, 0) is 18.4 Å². The summed E-state index contributed by atoms with van der Waals surface area (Å²) in [5, 5.41) is 0. The van der Waals surface area contributed by atoms with Crippen molar-refractivity contribution in [2.45, 2.75) is 127 Å². The van der Waals surface area contributed by atoms with E-state index in [1.165, 1.54) is 0 Å². The SMILES string of the molecule is COc1c(CSCCC(F)(F)C(F)(F)C(F)(F)C(F)(F)C(F)(F)C(F)(F)C(F)C(F)F)cc(C)cc1CSCCC(F)(F)C(F)(F)C(F)(F)C(F)(F)C(F)(F)C(F)(F)C(F)(F)C(F)(F)F. The lowest BCUT2D eigenvalue weighted by Crippen LogP contribution is -2.74. The van der Waals surface area contributed by atoms with Crippen LogP contribution >= 0.6 is 23.5 Å². The molecule has 0 saturated heterocycles. The average molecular weight is 1070 g/mol. The van der Waals surface area contributed by atoms with E-state index in [-0.39, 0.29) is 40.2 Å². The van der Waals surface area contributed by atoms with Crippen molar-refractivity contribution >= 4 is 23.5 Å². The maximum absolute atomic E-state index is 14.3. The number of aryl methyl sites for hydroxylation is 1. The smallest absolute Gasteiger partial charge is 0.460 e. The molecule has 0 aromatic heterocycles. The Morgan fingerprint density at radius 2 is 0.708 bits per heavy atom. The van der Waals surface area contributed by atoms with Crippen LogP contribution in [-0.2, 0) is 11.5 Å². The van der Waals surface area contributed by atoms with Crippen LogP contribution in [0, 0.1) is 6.92 Å². The van der Waals surface area contributed by atoms with E-state index in [0.717, 1.165) is 26.2 Å². The molecule has 0 spiro atoms. The summed E-state index contributed by atoms with van der Waals surface area (Å²) in [7, 11) is 0.733. The average Bonchev–Trinajstić information content (AvgIpc) is 3.13. The van der Waals surface area contributed by atoms with Crippen molar-refractivity contribution < 1.29 is 145 Å². The summed E-state index contributed by atoms with van der Waals surface area (Å²) in [5.41, 5.74) is -0.719. The number of alkyl halides is 32. The Balaban J connectivity index is 3.26. The van der Waals surface area contributed by atoms with E-state index >= 15 is 0 Å². The van der Waals surface area contributed by atoms with Crippen molar-refractivity contribution in [2.24, 2.45) is 0 Å². The first kappa shape index (κ1) is 60.5. The van der Waals surface area contributed by atoms with Crippen molar-refractivity contribution in [3.63, 3.8) is 0 Å². The maximum atomic E-state index is 14.3. The zero-order valence-corrected chi connectivity index (χ0v) is 32.5. The normalized spacial score (nSPS) is 16.1. The van der Waals surface area contributed by atoms with Crippen LogP contribution in [-0.4, -0.2) is 114 Å². The second-order valence-electron chi connectivity index (χ2n) is 13.2. The molecule has 0 radical (unpaired) electrons. The molecule has 0 bridgehead atoms. The predicted octanol–water partition coefficient (Wildman–Crippen LogP) is 14.7. The molecule has 0 heterocycles. The van der Waals surface area contributed by atoms with Gasteiger partial charge in [0.05, 0.1) is 7.11 Å². The van der Waals surface area contributed by atoms with Crippen LogP contribution in [0.3, 0.4) is 0 Å². The van der Waals surface area contributed by atoms with Gasteiger partial charge in [0.25, 0.3) is 6.43 Å². The second kappa shape index (κ2) is 18.4. The summed E-state index contributed by atoms with van der Waals surface area (Å²) in [5.74, 6) is -110. The minimum absolute atomic E-state index is 0.0246. The first-order valence-electron chi connectivity index (χ1n) is 16.1. The summed E-state index contributed by atoms with van der Waals surface area (Å²) in [4.78, 5) is 0. The number of rotatable bonds is 24. The van der Waals surface area contributed by atoms with Crippen LogP contribution in [0.25, 0.3) is 0 Å². The highest BCUT2D eigenvalue weighted by Crippen LogP contribution is 2.65. The highest BCUT2D eigenvalue weighted by molar-refractivity contribution is 7.98. The van der Waals surface area contributed by atoms with Crippen LogP contribution in [0.15, 0.2) is 12.1 Å². The molecule has 384 valence electrons. The van der Waals surface area contributed by atoms with Crippen molar-refractivity contribution in [1.82, 2.24) is 0 Å². The third-order valence-electron chi connectivity index (χ3n) is 8.64. The van der Waals surface area contributed by atoms with Crippen LogP contribution in [0.1, 0.15) is 29.5 Å². The monoisotopic (exact) mass is 1070 g/mol. The van der Waals surface area contributed by atoms with Gasteiger partial charge < -0.3 is 4.74 Å². The molecular weight excluding hydrogens is 1050 g/mol. The molecule has 65 heavy (non-hydrogen) atoms. The topological polar surface area (TPSA) is 9.23 Å². The highest BCUT2D eigenvalue weighted by Gasteiger charge is 2.95. The molecule has 0 aliphatic rings. The summed E-state index contributed by atoms with van der Waals surface area (Å²) in [6.45, 7) is 1.12. The van der Waals surface area contributed by atoms with Crippen molar-refractivity contribution in [1.29, 1.82) is 0 Å². The Morgan fingerprint density at radius 1 is 0.431 bits per heavy atom. The van der Waals surface area contributed by atoms with E-state index in [1.807, 2.05) is 0 Å². The number of halogens is 32. The van der Waals surface area contributed by atoms with Crippen molar-refractivity contribution in [3.05, 3.63) is 28.8 Å². The van der Waals surface area contributed by atoms with Gasteiger partial charge in [-0.2, -0.15) is 151 Å². The molecule has 0 saturated carbocycles. The lowest BCUT2D eigenvalue weighted by molar-refractivity contribution is -0.461. The van der Waals surface area contributed by atoms with Gasteiger partial charge in [-0.15, -0.1) is 0 Å². The van der Waals surface area contributed by atoms with Gasteiger partial charge in [-0.25, -0.2) is 13.2 Å². The lowest BCUT2D eigenvalue weighted by atomic mass is 9.88. The largest absolute Gasteiger partial charge is 0.496 e. The third-order valence-corrected chi connectivity index (χ3v) is 10.7. The molecule has 0 fully saturated rings. The maximum Gasteiger partial charge on any atom is 0.460 e. The van der Waals surface area contributed by atoms with Gasteiger partial charge in [0, 0.05) is 35.5 Å². The van der Waals surface area contributed by atoms with Gasteiger partial charge in [-0.1, -0.05) is 17.7 Å². The zero-order valence-electron chi connectivity index (χ0n) is 30.9. The van der Waals surface area contributed by atoms with E-state index in [2.05, 4.69) is 0 Å². The standard InChI is InChI=1S/C30H22F32OS2/c1-11-7-12(9-64-5-3-17(34,35)20(40,41)23(46,47)25(50,51)22(44,45)19(38,39)15(31)16(32)33)14(63-2)13(8-11)10-65-6-4-18(36,37)21(42,43)24(48,49)26(52,53)27(54,55)28(56,57)29(58,59)30(60,61)62/h7-8,15-16H,3-6,9-10H2,1-2H3. The fourth-order valence-electron chi connectivity index (χ4n) is 4.85. The zero-order chi connectivity index (χ0) is 52.2. The third kappa shape index (κ3) is 9.73. The van der Waals surface area contributed by atoms with Gasteiger partial charge >= 0.3 is 83.2 Å². The van der Waals surface area contributed by atoms with E-state index < -0.39 is 137 Å². The highest BCUT2D eigenvalue weighted by atomic mass is 32.2. The Bertz CT molecular complexity index is 1770. The minimum atomic E-state index is -8.85. The van der Waals surface area contributed by atoms with E-state index in [1.54, 1.807) is 0 Å². The van der Waals surface area contributed by atoms with Gasteiger partial charge in [-0.3, -0.25) is 0 Å². The molecule has 0 amide bonds. The van der Waals surface area contributed by atoms with Gasteiger partial charge in [0.2, 0.25) is 6.17 Å². The molecule has 1 nitrogen and oxygen atoms in total. The fourth-order valence-corrected chi connectivity index (χ4v) is 6.80. The molecule has 1 rings (SSSR count). The van der Waals surface area contributed by atoms with Crippen LogP contribution in [0.4, 0.5) is 140 Å². The Labute approximate surface area is 349 Å². The Hall–Kier alpha value is -2.52. The Kier molecular flexibility index (Phi) is 17.1. The molecular formula is C30H22F32OS2. The molecule has 1 aromatic carbocycles. The number of hydrogen-bond donors (Lipinski definition) is 0. The van der Waals surface area contributed by atoms with Crippen molar-refractivity contribution in [3.8, 4) is 5.75 Å². The molecule has 1 aromatic rings. The molecule has 1 atom stereocenters. The van der Waals surface area contributed by atoms with Gasteiger partial charge in [0.1, 0.15) is 5.75 Å². The molecule has 0 aliphatic carbocycles. The second-order valence-corrected chi connectivity index (χ2v) is 15.4. The lowest BCUT2D eigenvalue weighted by Gasteiger charge is -2.42.